The average molecular weight is 253 g/mol. The van der Waals surface area contributed by atoms with Crippen molar-refractivity contribution in [2.24, 2.45) is 0 Å². The van der Waals surface area contributed by atoms with Gasteiger partial charge >= 0.3 is 5.97 Å². The fourth-order valence-corrected chi connectivity index (χ4v) is 2.15. The molecule has 0 aliphatic heterocycles. The lowest BCUT2D eigenvalue weighted by molar-refractivity contribution is -0.142. The molecule has 7 heteroatoms. The highest BCUT2D eigenvalue weighted by molar-refractivity contribution is 7.16. The zero-order chi connectivity index (χ0) is 12.4. The number of nitrogens with zero attached hydrogens (tertiary/aromatic N) is 3. The molecule has 0 spiro atoms. The fourth-order valence-electron chi connectivity index (χ4n) is 1.29. The molecule has 90 valence electrons. The van der Waals surface area contributed by atoms with Crippen LogP contribution in [0.3, 0.4) is 0 Å². The maximum atomic E-state index is 11.7. The van der Waals surface area contributed by atoms with Gasteiger partial charge in [-0.2, -0.15) is 9.61 Å². The smallest absolute Gasteiger partial charge is 0.303 e. The van der Waals surface area contributed by atoms with Gasteiger partial charge in [-0.15, -0.1) is 0 Å². The molecule has 0 fully saturated rings. The highest BCUT2D eigenvalue weighted by Crippen LogP contribution is 2.11. The van der Waals surface area contributed by atoms with Gasteiger partial charge in [0.15, 0.2) is 0 Å². The predicted octanol–water partition coefficient (Wildman–Crippen LogP) is 0.776. The van der Waals surface area contributed by atoms with Gasteiger partial charge in [-0.3, -0.25) is 9.59 Å². The summed E-state index contributed by atoms with van der Waals surface area (Å²) in [7, 11) is 0. The molecule has 0 bridgehead atoms. The van der Waals surface area contributed by atoms with Crippen LogP contribution in [0.2, 0.25) is 0 Å². The van der Waals surface area contributed by atoms with E-state index in [1.807, 2.05) is 6.92 Å². The standard InChI is InChI=1S/C10H11N3O3S/c1-3-8-12-13-9(15)4-7(5-16-6(2)14)11-10(13)17-8/h4H,3,5H2,1-2H3. The first-order valence-corrected chi connectivity index (χ1v) is 5.94. The molecule has 0 amide bonds. The third kappa shape index (κ3) is 2.50. The largest absolute Gasteiger partial charge is 0.459 e. The minimum absolute atomic E-state index is 0.0143. The summed E-state index contributed by atoms with van der Waals surface area (Å²) in [5.41, 5.74) is 0.185. The zero-order valence-corrected chi connectivity index (χ0v) is 10.3. The summed E-state index contributed by atoms with van der Waals surface area (Å²) in [4.78, 5) is 27.1. The Balaban J connectivity index is 2.40. The van der Waals surface area contributed by atoms with Crippen molar-refractivity contribution in [1.82, 2.24) is 14.6 Å². The van der Waals surface area contributed by atoms with E-state index < -0.39 is 5.97 Å². The van der Waals surface area contributed by atoms with Crippen molar-refractivity contribution < 1.29 is 9.53 Å². The van der Waals surface area contributed by atoms with E-state index in [2.05, 4.69) is 10.1 Å². The van der Waals surface area contributed by atoms with Crippen molar-refractivity contribution >= 4 is 22.3 Å². The molecule has 2 aromatic heterocycles. The van der Waals surface area contributed by atoms with Gasteiger partial charge in [-0.05, 0) is 6.42 Å². The highest BCUT2D eigenvalue weighted by Gasteiger charge is 2.08. The molecule has 2 rings (SSSR count). The van der Waals surface area contributed by atoms with Crippen LogP contribution in [0.1, 0.15) is 24.5 Å². The van der Waals surface area contributed by atoms with E-state index in [0.717, 1.165) is 11.4 Å². The molecule has 0 radical (unpaired) electrons. The van der Waals surface area contributed by atoms with Crippen LogP contribution < -0.4 is 5.56 Å². The molecule has 2 aromatic rings. The SMILES string of the molecule is CCc1nn2c(=O)cc(COC(C)=O)nc2s1. The topological polar surface area (TPSA) is 73.6 Å². The highest BCUT2D eigenvalue weighted by atomic mass is 32.1. The van der Waals surface area contributed by atoms with Crippen LogP contribution in [-0.4, -0.2) is 20.6 Å². The maximum absolute atomic E-state index is 11.7. The number of hydrogen-bond donors (Lipinski definition) is 0. The number of aromatic nitrogens is 3. The molecule has 0 aliphatic rings. The Hall–Kier alpha value is -1.76. The average Bonchev–Trinajstić information content (AvgIpc) is 2.70. The summed E-state index contributed by atoms with van der Waals surface area (Å²) in [6.07, 6.45) is 0.757. The summed E-state index contributed by atoms with van der Waals surface area (Å²) in [5, 5.41) is 4.97. The van der Waals surface area contributed by atoms with Gasteiger partial charge in [0.05, 0.1) is 5.69 Å². The first-order valence-electron chi connectivity index (χ1n) is 5.12. The maximum Gasteiger partial charge on any atom is 0.303 e. The lowest BCUT2D eigenvalue weighted by Gasteiger charge is -2.00. The van der Waals surface area contributed by atoms with Gasteiger partial charge in [-0.25, -0.2) is 4.98 Å². The van der Waals surface area contributed by atoms with Gasteiger partial charge in [0.25, 0.3) is 5.56 Å². The van der Waals surface area contributed by atoms with E-state index in [-0.39, 0.29) is 12.2 Å². The minimum Gasteiger partial charge on any atom is -0.459 e. The molecule has 0 saturated heterocycles. The van der Waals surface area contributed by atoms with Crippen molar-refractivity contribution in [3.8, 4) is 0 Å². The second-order valence-electron chi connectivity index (χ2n) is 3.41. The van der Waals surface area contributed by atoms with Crippen molar-refractivity contribution in [3.05, 3.63) is 27.1 Å². The molecule has 0 unspecified atom stereocenters. The number of hydrogen-bond acceptors (Lipinski definition) is 6. The Morgan fingerprint density at radius 3 is 3.00 bits per heavy atom. The molecule has 2 heterocycles. The number of esters is 1. The molecule has 6 nitrogen and oxygen atoms in total. The molecule has 0 atom stereocenters. The van der Waals surface area contributed by atoms with Crippen LogP contribution >= 0.6 is 11.3 Å². The van der Waals surface area contributed by atoms with Crippen LogP contribution in [-0.2, 0) is 22.6 Å². The molecule has 0 saturated carbocycles. The third-order valence-corrected chi connectivity index (χ3v) is 3.12. The summed E-state index contributed by atoms with van der Waals surface area (Å²) in [6, 6.07) is 1.33. The van der Waals surface area contributed by atoms with Gasteiger partial charge < -0.3 is 4.74 Å². The van der Waals surface area contributed by atoms with Gasteiger partial charge in [0.2, 0.25) is 4.96 Å². The molecule has 0 aliphatic carbocycles. The van der Waals surface area contributed by atoms with E-state index in [0.29, 0.717) is 10.7 Å². The summed E-state index contributed by atoms with van der Waals surface area (Å²) in [6.45, 7) is 3.29. The van der Waals surface area contributed by atoms with E-state index in [1.165, 1.54) is 28.8 Å². The predicted molar refractivity (Wildman–Crippen MR) is 62.0 cm³/mol. The Kier molecular flexibility index (Phi) is 3.19. The second-order valence-corrected chi connectivity index (χ2v) is 4.45. The monoisotopic (exact) mass is 253 g/mol. The van der Waals surface area contributed by atoms with Gasteiger partial charge in [0, 0.05) is 13.0 Å². The number of carbonyl (C=O) groups is 1. The fraction of sp³-hybridized carbons (Fsp3) is 0.400. The van der Waals surface area contributed by atoms with E-state index >= 15 is 0 Å². The third-order valence-electron chi connectivity index (χ3n) is 2.07. The molecule has 0 aromatic carbocycles. The lowest BCUT2D eigenvalue weighted by atomic mass is 10.4. The van der Waals surface area contributed by atoms with Gasteiger partial charge in [0.1, 0.15) is 11.6 Å². The van der Waals surface area contributed by atoms with E-state index in [1.54, 1.807) is 0 Å². The number of carbonyl (C=O) groups excluding carboxylic acids is 1. The Labute approximate surface area is 101 Å². The number of aryl methyl sites for hydroxylation is 1. The first kappa shape index (κ1) is 11.7. The quantitative estimate of drug-likeness (QED) is 0.756. The Morgan fingerprint density at radius 2 is 2.35 bits per heavy atom. The zero-order valence-electron chi connectivity index (χ0n) is 9.47. The molecule has 0 N–H and O–H groups in total. The number of fused-ring (bicyclic) bond motifs is 1. The van der Waals surface area contributed by atoms with E-state index in [4.69, 9.17) is 4.74 Å². The van der Waals surface area contributed by atoms with Crippen LogP contribution in [0.5, 0.6) is 0 Å². The van der Waals surface area contributed by atoms with Crippen LogP contribution in [0.4, 0.5) is 0 Å². The van der Waals surface area contributed by atoms with Crippen LogP contribution in [0, 0.1) is 0 Å². The van der Waals surface area contributed by atoms with Gasteiger partial charge in [-0.1, -0.05) is 18.3 Å². The van der Waals surface area contributed by atoms with Crippen molar-refractivity contribution in [2.75, 3.05) is 0 Å². The lowest BCUT2D eigenvalue weighted by Crippen LogP contribution is -2.16. The Bertz CT molecular complexity index is 617. The summed E-state index contributed by atoms with van der Waals surface area (Å²) < 4.78 is 6.06. The second kappa shape index (κ2) is 4.62. The normalized spacial score (nSPS) is 10.7. The number of ether oxygens (including phenoxy) is 1. The number of rotatable bonds is 3. The summed E-state index contributed by atoms with van der Waals surface area (Å²) >= 11 is 1.36. The first-order chi connectivity index (χ1) is 8.10. The molecular formula is C10H11N3O3S. The van der Waals surface area contributed by atoms with Crippen LogP contribution in [0.15, 0.2) is 10.9 Å². The Morgan fingerprint density at radius 1 is 1.59 bits per heavy atom. The summed E-state index contributed by atoms with van der Waals surface area (Å²) in [5.74, 6) is -0.398. The minimum atomic E-state index is -0.398. The van der Waals surface area contributed by atoms with Crippen molar-refractivity contribution in [3.63, 3.8) is 0 Å². The van der Waals surface area contributed by atoms with Crippen molar-refractivity contribution in [2.45, 2.75) is 26.9 Å². The molecular weight excluding hydrogens is 242 g/mol. The van der Waals surface area contributed by atoms with Crippen molar-refractivity contribution in [1.29, 1.82) is 0 Å². The molecule has 17 heavy (non-hydrogen) atoms. The van der Waals surface area contributed by atoms with Crippen LogP contribution in [0.25, 0.3) is 4.96 Å². The van der Waals surface area contributed by atoms with E-state index in [9.17, 15) is 9.59 Å².